The van der Waals surface area contributed by atoms with Crippen LogP contribution < -0.4 is 0 Å². The molecular weight excluding hydrogens is 248 g/mol. The van der Waals surface area contributed by atoms with E-state index >= 15 is 0 Å². The van der Waals surface area contributed by atoms with E-state index in [-0.39, 0.29) is 0 Å². The van der Waals surface area contributed by atoms with E-state index in [1.165, 1.54) is 17.7 Å². The van der Waals surface area contributed by atoms with Crippen molar-refractivity contribution in [1.29, 1.82) is 0 Å². The molecule has 0 atom stereocenters. The first-order valence-electron chi connectivity index (χ1n) is 4.46. The molecule has 3 heteroatoms. The molecule has 13 heavy (non-hydrogen) atoms. The molecule has 1 heterocycles. The van der Waals surface area contributed by atoms with Gasteiger partial charge < -0.3 is 0 Å². The molecule has 1 saturated carbocycles. The zero-order valence-electron chi connectivity index (χ0n) is 7.47. The van der Waals surface area contributed by atoms with Gasteiger partial charge in [0.2, 0.25) is 0 Å². The van der Waals surface area contributed by atoms with Gasteiger partial charge in [-0.05, 0) is 47.7 Å². The minimum atomic E-state index is 0.312. The monoisotopic (exact) mass is 258 g/mol. The molecule has 0 unspecified atom stereocenters. The Morgan fingerprint density at radius 1 is 1.69 bits per heavy atom. The SMILES string of the molecule is Cc1cc(Br)c(C(=O)CC2CC2)s1. The molecule has 0 aliphatic heterocycles. The highest BCUT2D eigenvalue weighted by Crippen LogP contribution is 2.36. The van der Waals surface area contributed by atoms with Crippen LogP contribution in [0.4, 0.5) is 0 Å². The number of carbonyl (C=O) groups excluding carboxylic acids is 1. The van der Waals surface area contributed by atoms with E-state index < -0.39 is 0 Å². The minimum Gasteiger partial charge on any atom is -0.293 e. The van der Waals surface area contributed by atoms with Gasteiger partial charge in [0, 0.05) is 15.8 Å². The van der Waals surface area contributed by atoms with E-state index in [9.17, 15) is 4.79 Å². The molecule has 1 aliphatic rings. The van der Waals surface area contributed by atoms with Gasteiger partial charge >= 0.3 is 0 Å². The zero-order chi connectivity index (χ0) is 9.42. The van der Waals surface area contributed by atoms with Gasteiger partial charge in [-0.2, -0.15) is 0 Å². The smallest absolute Gasteiger partial charge is 0.174 e. The van der Waals surface area contributed by atoms with Crippen LogP contribution >= 0.6 is 27.3 Å². The fraction of sp³-hybridized carbons (Fsp3) is 0.500. The molecule has 1 aromatic heterocycles. The third-order valence-corrected chi connectivity index (χ3v) is 4.21. The average Bonchev–Trinajstić information content (AvgIpc) is 2.77. The lowest BCUT2D eigenvalue weighted by atomic mass is 10.2. The van der Waals surface area contributed by atoms with Crippen molar-refractivity contribution in [2.75, 3.05) is 0 Å². The summed E-state index contributed by atoms with van der Waals surface area (Å²) in [6, 6.07) is 2.02. The lowest BCUT2D eigenvalue weighted by Crippen LogP contribution is -1.97. The third-order valence-electron chi connectivity index (χ3n) is 2.23. The molecule has 1 nitrogen and oxygen atoms in total. The summed E-state index contributed by atoms with van der Waals surface area (Å²) in [7, 11) is 0. The van der Waals surface area contributed by atoms with Crippen LogP contribution in [0.15, 0.2) is 10.5 Å². The summed E-state index contributed by atoms with van der Waals surface area (Å²) in [5.74, 6) is 0.995. The van der Waals surface area contributed by atoms with Crippen molar-refractivity contribution in [2.45, 2.75) is 26.2 Å². The molecule has 0 spiro atoms. The topological polar surface area (TPSA) is 17.1 Å². The van der Waals surface area contributed by atoms with Gasteiger partial charge in [-0.1, -0.05) is 0 Å². The Balaban J connectivity index is 2.13. The van der Waals surface area contributed by atoms with E-state index in [1.807, 2.05) is 13.0 Å². The summed E-state index contributed by atoms with van der Waals surface area (Å²) >= 11 is 5.01. The number of ketones is 1. The molecule has 1 aromatic rings. The van der Waals surface area contributed by atoms with Crippen LogP contribution in [0.25, 0.3) is 0 Å². The minimum absolute atomic E-state index is 0.312. The number of hydrogen-bond acceptors (Lipinski definition) is 2. The van der Waals surface area contributed by atoms with Crippen molar-refractivity contribution >= 4 is 33.0 Å². The third kappa shape index (κ3) is 2.20. The Bertz CT molecular complexity index is 339. The van der Waals surface area contributed by atoms with Crippen molar-refractivity contribution in [3.8, 4) is 0 Å². The molecule has 0 aromatic carbocycles. The standard InChI is InChI=1S/C10H11BrOS/c1-6-4-8(11)10(13-6)9(12)5-7-2-3-7/h4,7H,2-3,5H2,1H3. The van der Waals surface area contributed by atoms with E-state index in [4.69, 9.17) is 0 Å². The number of aryl methyl sites for hydroxylation is 1. The maximum absolute atomic E-state index is 11.7. The number of Topliss-reactive ketones (excluding diaryl/α,β-unsaturated/α-hetero) is 1. The summed E-state index contributed by atoms with van der Waals surface area (Å²) in [4.78, 5) is 13.8. The predicted molar refractivity (Wildman–Crippen MR) is 58.4 cm³/mol. The molecule has 0 N–H and O–H groups in total. The lowest BCUT2D eigenvalue weighted by molar-refractivity contribution is 0.0979. The number of rotatable bonds is 3. The number of hydrogen-bond donors (Lipinski definition) is 0. The fourth-order valence-electron chi connectivity index (χ4n) is 1.35. The number of halogens is 1. The summed E-state index contributed by atoms with van der Waals surface area (Å²) in [5.41, 5.74) is 0. The van der Waals surface area contributed by atoms with Gasteiger partial charge in [0.05, 0.1) is 4.88 Å². The lowest BCUT2D eigenvalue weighted by Gasteiger charge is -1.95. The van der Waals surface area contributed by atoms with Gasteiger partial charge in [-0.15, -0.1) is 11.3 Å². The normalized spacial score (nSPS) is 16.2. The first-order valence-corrected chi connectivity index (χ1v) is 6.07. The predicted octanol–water partition coefficient (Wildman–Crippen LogP) is 3.80. The van der Waals surface area contributed by atoms with Gasteiger partial charge in [0.15, 0.2) is 5.78 Å². The Kier molecular flexibility index (Phi) is 2.56. The van der Waals surface area contributed by atoms with Crippen LogP contribution in [0.1, 0.15) is 33.8 Å². The van der Waals surface area contributed by atoms with Crippen LogP contribution in [0.3, 0.4) is 0 Å². The second-order valence-electron chi connectivity index (χ2n) is 3.60. The molecule has 0 saturated heterocycles. The Labute approximate surface area is 90.3 Å². The van der Waals surface area contributed by atoms with Crippen LogP contribution in [-0.4, -0.2) is 5.78 Å². The summed E-state index contributed by atoms with van der Waals surface area (Å²) in [5, 5.41) is 0. The fourth-order valence-corrected chi connectivity index (χ4v) is 3.16. The van der Waals surface area contributed by atoms with Crippen LogP contribution in [0.2, 0.25) is 0 Å². The summed E-state index contributed by atoms with van der Waals surface area (Å²) < 4.78 is 0.973. The molecule has 1 aliphatic carbocycles. The molecule has 0 radical (unpaired) electrons. The van der Waals surface area contributed by atoms with E-state index in [1.54, 1.807) is 11.3 Å². The average molecular weight is 259 g/mol. The molecule has 1 fully saturated rings. The van der Waals surface area contributed by atoms with Crippen molar-refractivity contribution in [1.82, 2.24) is 0 Å². The van der Waals surface area contributed by atoms with Gasteiger partial charge in [-0.25, -0.2) is 0 Å². The molecule has 70 valence electrons. The van der Waals surface area contributed by atoms with Gasteiger partial charge in [-0.3, -0.25) is 4.79 Å². The second kappa shape index (κ2) is 3.54. The first-order chi connectivity index (χ1) is 6.16. The van der Waals surface area contributed by atoms with Gasteiger partial charge in [0.25, 0.3) is 0 Å². The first kappa shape index (κ1) is 9.41. The maximum Gasteiger partial charge on any atom is 0.174 e. The highest BCUT2D eigenvalue weighted by Gasteiger charge is 2.26. The second-order valence-corrected chi connectivity index (χ2v) is 5.72. The van der Waals surface area contributed by atoms with Crippen LogP contribution in [-0.2, 0) is 0 Å². The Morgan fingerprint density at radius 2 is 2.38 bits per heavy atom. The molecular formula is C10H11BrOS. The Hall–Kier alpha value is -0.150. The number of thiophene rings is 1. The van der Waals surface area contributed by atoms with Crippen LogP contribution in [0.5, 0.6) is 0 Å². The highest BCUT2D eigenvalue weighted by molar-refractivity contribution is 9.10. The van der Waals surface area contributed by atoms with E-state index in [0.717, 1.165) is 15.8 Å². The summed E-state index contributed by atoms with van der Waals surface area (Å²) in [6.07, 6.45) is 3.24. The van der Waals surface area contributed by atoms with E-state index in [2.05, 4.69) is 15.9 Å². The van der Waals surface area contributed by atoms with Crippen LogP contribution in [0, 0.1) is 12.8 Å². The highest BCUT2D eigenvalue weighted by atomic mass is 79.9. The van der Waals surface area contributed by atoms with E-state index in [0.29, 0.717) is 11.7 Å². The van der Waals surface area contributed by atoms with Crippen molar-refractivity contribution < 1.29 is 4.79 Å². The Morgan fingerprint density at radius 3 is 2.85 bits per heavy atom. The maximum atomic E-state index is 11.7. The molecule has 2 rings (SSSR count). The number of carbonyl (C=O) groups is 1. The summed E-state index contributed by atoms with van der Waals surface area (Å²) in [6.45, 7) is 2.03. The quantitative estimate of drug-likeness (QED) is 0.754. The van der Waals surface area contributed by atoms with Crippen molar-refractivity contribution in [2.24, 2.45) is 5.92 Å². The zero-order valence-corrected chi connectivity index (χ0v) is 9.87. The van der Waals surface area contributed by atoms with Gasteiger partial charge in [0.1, 0.15) is 0 Å². The largest absolute Gasteiger partial charge is 0.293 e. The van der Waals surface area contributed by atoms with Crippen molar-refractivity contribution in [3.63, 3.8) is 0 Å². The molecule has 0 amide bonds. The van der Waals surface area contributed by atoms with Crippen molar-refractivity contribution in [3.05, 3.63) is 20.3 Å². The molecule has 0 bridgehead atoms.